The summed E-state index contributed by atoms with van der Waals surface area (Å²) in [6, 6.07) is 23.9. The predicted molar refractivity (Wildman–Crippen MR) is 111 cm³/mol. The number of carbonyl (C=O) groups is 2. The van der Waals surface area contributed by atoms with Crippen molar-refractivity contribution >= 4 is 22.6 Å². The first-order valence-electron chi connectivity index (χ1n) is 9.79. The second-order valence-electron chi connectivity index (χ2n) is 7.33. The molecule has 2 amide bonds. The first-order valence-corrected chi connectivity index (χ1v) is 9.79. The second kappa shape index (κ2) is 8.26. The molecule has 1 aliphatic rings. The molecule has 1 saturated heterocycles. The Labute approximate surface area is 165 Å². The SMILES string of the molecule is O=C(Cc1ccc2ccccc2c1)N[C@@H](CN1CCCC1=O)c1ccccc1. The van der Waals surface area contributed by atoms with E-state index in [4.69, 9.17) is 0 Å². The smallest absolute Gasteiger partial charge is 0.224 e. The molecule has 0 aliphatic carbocycles. The molecule has 0 radical (unpaired) electrons. The van der Waals surface area contributed by atoms with Gasteiger partial charge in [0.15, 0.2) is 0 Å². The van der Waals surface area contributed by atoms with E-state index < -0.39 is 0 Å². The molecule has 4 rings (SSSR count). The van der Waals surface area contributed by atoms with Crippen LogP contribution >= 0.6 is 0 Å². The standard InChI is InChI=1S/C24H24N2O2/c27-23(16-18-12-13-19-7-4-5-10-21(19)15-18)25-22(20-8-2-1-3-9-20)17-26-14-6-11-24(26)28/h1-5,7-10,12-13,15,22H,6,11,14,16-17H2,(H,25,27)/t22-/m0/s1. The minimum atomic E-state index is -0.198. The monoisotopic (exact) mass is 372 g/mol. The van der Waals surface area contributed by atoms with E-state index in [1.807, 2.05) is 53.4 Å². The molecule has 1 fully saturated rings. The lowest BCUT2D eigenvalue weighted by molar-refractivity contribution is -0.129. The maximum Gasteiger partial charge on any atom is 0.224 e. The molecule has 1 heterocycles. The highest BCUT2D eigenvalue weighted by Gasteiger charge is 2.25. The maximum absolute atomic E-state index is 12.8. The summed E-state index contributed by atoms with van der Waals surface area (Å²) in [5.74, 6) is 0.139. The van der Waals surface area contributed by atoms with E-state index >= 15 is 0 Å². The lowest BCUT2D eigenvalue weighted by atomic mass is 10.0. The summed E-state index contributed by atoms with van der Waals surface area (Å²) in [5.41, 5.74) is 2.01. The molecule has 142 valence electrons. The summed E-state index contributed by atoms with van der Waals surface area (Å²) < 4.78 is 0. The van der Waals surface area contributed by atoms with Gasteiger partial charge in [0.05, 0.1) is 12.5 Å². The summed E-state index contributed by atoms with van der Waals surface area (Å²) in [7, 11) is 0. The Kier molecular flexibility index (Phi) is 5.38. The van der Waals surface area contributed by atoms with Crippen molar-refractivity contribution in [3.05, 3.63) is 83.9 Å². The Morgan fingerprint density at radius 2 is 1.71 bits per heavy atom. The fourth-order valence-corrected chi connectivity index (χ4v) is 3.82. The van der Waals surface area contributed by atoms with Crippen molar-refractivity contribution in [3.63, 3.8) is 0 Å². The molecule has 4 heteroatoms. The van der Waals surface area contributed by atoms with Gasteiger partial charge in [-0.1, -0.05) is 72.8 Å². The van der Waals surface area contributed by atoms with Crippen LogP contribution in [0.1, 0.15) is 30.0 Å². The van der Waals surface area contributed by atoms with E-state index in [1.165, 1.54) is 5.39 Å². The van der Waals surface area contributed by atoms with Gasteiger partial charge in [-0.3, -0.25) is 9.59 Å². The Morgan fingerprint density at radius 1 is 0.964 bits per heavy atom. The van der Waals surface area contributed by atoms with Crippen molar-refractivity contribution in [1.29, 1.82) is 0 Å². The number of likely N-dealkylation sites (tertiary alicyclic amines) is 1. The van der Waals surface area contributed by atoms with E-state index in [0.29, 0.717) is 19.4 Å². The normalized spacial score (nSPS) is 15.0. The second-order valence-corrected chi connectivity index (χ2v) is 7.33. The van der Waals surface area contributed by atoms with Gasteiger partial charge in [-0.2, -0.15) is 0 Å². The van der Waals surface area contributed by atoms with Crippen molar-refractivity contribution in [2.24, 2.45) is 0 Å². The Morgan fingerprint density at radius 3 is 2.46 bits per heavy atom. The zero-order valence-electron chi connectivity index (χ0n) is 15.8. The summed E-state index contributed by atoms with van der Waals surface area (Å²) in [6.45, 7) is 1.29. The Hall–Kier alpha value is -3.14. The third kappa shape index (κ3) is 4.22. The molecule has 1 aliphatic heterocycles. The lowest BCUT2D eigenvalue weighted by Gasteiger charge is -2.25. The first kappa shape index (κ1) is 18.2. The topological polar surface area (TPSA) is 49.4 Å². The zero-order valence-corrected chi connectivity index (χ0v) is 15.8. The average Bonchev–Trinajstić information content (AvgIpc) is 3.12. The molecule has 3 aromatic rings. The molecule has 0 aromatic heterocycles. The zero-order chi connectivity index (χ0) is 19.3. The molecule has 1 atom stereocenters. The van der Waals surface area contributed by atoms with Crippen LogP contribution in [-0.4, -0.2) is 29.8 Å². The van der Waals surface area contributed by atoms with Gasteiger partial charge in [-0.05, 0) is 28.3 Å². The molecule has 0 bridgehead atoms. The van der Waals surface area contributed by atoms with Gasteiger partial charge in [0.1, 0.15) is 0 Å². The van der Waals surface area contributed by atoms with Gasteiger partial charge >= 0.3 is 0 Å². The van der Waals surface area contributed by atoms with E-state index in [1.54, 1.807) is 0 Å². The molecular weight excluding hydrogens is 348 g/mol. The fourth-order valence-electron chi connectivity index (χ4n) is 3.82. The van der Waals surface area contributed by atoms with Crippen molar-refractivity contribution in [1.82, 2.24) is 10.2 Å². The van der Waals surface area contributed by atoms with E-state index in [0.717, 1.165) is 29.5 Å². The summed E-state index contributed by atoms with van der Waals surface area (Å²) in [4.78, 5) is 26.7. The van der Waals surface area contributed by atoms with Crippen LogP contribution in [0.15, 0.2) is 72.8 Å². The minimum absolute atomic E-state index is 0.0317. The summed E-state index contributed by atoms with van der Waals surface area (Å²) >= 11 is 0. The van der Waals surface area contributed by atoms with Crippen LogP contribution in [0.3, 0.4) is 0 Å². The van der Waals surface area contributed by atoms with Crippen LogP contribution in [-0.2, 0) is 16.0 Å². The molecule has 1 N–H and O–H groups in total. The third-order valence-electron chi connectivity index (χ3n) is 5.29. The number of rotatable bonds is 6. The van der Waals surface area contributed by atoms with Gasteiger partial charge in [-0.25, -0.2) is 0 Å². The van der Waals surface area contributed by atoms with Crippen molar-refractivity contribution < 1.29 is 9.59 Å². The van der Waals surface area contributed by atoms with E-state index in [2.05, 4.69) is 29.6 Å². The van der Waals surface area contributed by atoms with Gasteiger partial charge in [0.25, 0.3) is 0 Å². The molecule has 0 saturated carbocycles. The van der Waals surface area contributed by atoms with Gasteiger partial charge < -0.3 is 10.2 Å². The van der Waals surface area contributed by atoms with Crippen molar-refractivity contribution in [2.45, 2.75) is 25.3 Å². The lowest BCUT2D eigenvalue weighted by Crippen LogP contribution is -2.39. The maximum atomic E-state index is 12.8. The number of hydrogen-bond donors (Lipinski definition) is 1. The largest absolute Gasteiger partial charge is 0.347 e. The van der Waals surface area contributed by atoms with Crippen LogP contribution in [0.2, 0.25) is 0 Å². The number of fused-ring (bicyclic) bond motifs is 1. The van der Waals surface area contributed by atoms with Gasteiger partial charge in [-0.15, -0.1) is 0 Å². The Balaban J connectivity index is 1.48. The van der Waals surface area contributed by atoms with Crippen molar-refractivity contribution in [2.75, 3.05) is 13.1 Å². The molecule has 28 heavy (non-hydrogen) atoms. The third-order valence-corrected chi connectivity index (χ3v) is 5.29. The highest BCUT2D eigenvalue weighted by molar-refractivity contribution is 5.85. The molecule has 4 nitrogen and oxygen atoms in total. The van der Waals surface area contributed by atoms with Crippen LogP contribution in [0.5, 0.6) is 0 Å². The summed E-state index contributed by atoms with van der Waals surface area (Å²) in [6.07, 6.45) is 1.82. The molecule has 3 aromatic carbocycles. The van der Waals surface area contributed by atoms with Crippen molar-refractivity contribution in [3.8, 4) is 0 Å². The highest BCUT2D eigenvalue weighted by atomic mass is 16.2. The minimum Gasteiger partial charge on any atom is -0.347 e. The molecule has 0 spiro atoms. The van der Waals surface area contributed by atoms with Crippen LogP contribution in [0, 0.1) is 0 Å². The van der Waals surface area contributed by atoms with Crippen LogP contribution in [0.25, 0.3) is 10.8 Å². The van der Waals surface area contributed by atoms with Gasteiger partial charge in [0.2, 0.25) is 11.8 Å². The predicted octanol–water partition coefficient (Wildman–Crippen LogP) is 3.86. The molecule has 0 unspecified atom stereocenters. The van der Waals surface area contributed by atoms with Gasteiger partial charge in [0, 0.05) is 19.5 Å². The number of nitrogens with one attached hydrogen (secondary N) is 1. The number of amides is 2. The number of carbonyl (C=O) groups excluding carboxylic acids is 2. The summed E-state index contributed by atoms with van der Waals surface area (Å²) in [5, 5.41) is 5.45. The average molecular weight is 372 g/mol. The first-order chi connectivity index (χ1) is 13.7. The van der Waals surface area contributed by atoms with E-state index in [-0.39, 0.29) is 17.9 Å². The Bertz CT molecular complexity index is 984. The quantitative estimate of drug-likeness (QED) is 0.714. The van der Waals surface area contributed by atoms with E-state index in [9.17, 15) is 9.59 Å². The number of nitrogens with zero attached hydrogens (tertiary/aromatic N) is 1. The van der Waals surface area contributed by atoms with Crippen LogP contribution < -0.4 is 5.32 Å². The highest BCUT2D eigenvalue weighted by Crippen LogP contribution is 2.20. The fraction of sp³-hybridized carbons (Fsp3) is 0.250. The molecular formula is C24H24N2O2. The van der Waals surface area contributed by atoms with Crippen LogP contribution in [0.4, 0.5) is 0 Å². The number of hydrogen-bond acceptors (Lipinski definition) is 2. The number of benzene rings is 3.